The van der Waals surface area contributed by atoms with Gasteiger partial charge in [-0.2, -0.15) is 0 Å². The van der Waals surface area contributed by atoms with E-state index in [0.29, 0.717) is 0 Å². The highest BCUT2D eigenvalue weighted by atomic mass is 14.3. The van der Waals surface area contributed by atoms with Crippen molar-refractivity contribution in [3.8, 4) is 11.1 Å². The van der Waals surface area contributed by atoms with Crippen LogP contribution in [0.2, 0.25) is 0 Å². The lowest BCUT2D eigenvalue weighted by atomic mass is 9.58. The number of benzene rings is 2. The Labute approximate surface area is 161 Å². The molecule has 0 aliphatic carbocycles. The third-order valence-corrected chi connectivity index (χ3v) is 6.62. The summed E-state index contributed by atoms with van der Waals surface area (Å²) < 4.78 is 0. The first-order chi connectivity index (χ1) is 11.3. The van der Waals surface area contributed by atoms with Gasteiger partial charge < -0.3 is 0 Å². The third kappa shape index (κ3) is 3.09. The zero-order valence-electron chi connectivity index (χ0n) is 18.5. The van der Waals surface area contributed by atoms with Crippen LogP contribution >= 0.6 is 0 Å². The summed E-state index contributed by atoms with van der Waals surface area (Å²) in [7, 11) is 16.1. The lowest BCUT2D eigenvalue weighted by molar-refractivity contribution is 0.598. The van der Waals surface area contributed by atoms with Crippen LogP contribution in [0.15, 0.2) is 0 Å². The van der Waals surface area contributed by atoms with Crippen molar-refractivity contribution in [2.24, 2.45) is 0 Å². The van der Waals surface area contributed by atoms with Crippen molar-refractivity contribution >= 4 is 93.2 Å². The van der Waals surface area contributed by atoms with Crippen molar-refractivity contribution in [1.29, 1.82) is 0 Å². The first-order valence-corrected chi connectivity index (χ1v) is 9.50. The molecule has 0 spiro atoms. The van der Waals surface area contributed by atoms with Gasteiger partial charge in [-0.1, -0.05) is 70.1 Å². The SMILES string of the molecule is Bc1c(B)c(-c2c(B)c(B)c(C(C)(C)C)c(B)c2C)c(B)c(B)c1C. The van der Waals surface area contributed by atoms with E-state index < -0.39 is 0 Å². The van der Waals surface area contributed by atoms with Gasteiger partial charge in [-0.25, -0.2) is 0 Å². The molecule has 7 heteroatoms. The van der Waals surface area contributed by atoms with Gasteiger partial charge in [-0.15, -0.1) is 0 Å². The Bertz CT molecular complexity index is 818. The largest absolute Gasteiger partial charge is 0.140 e. The summed E-state index contributed by atoms with van der Waals surface area (Å²) in [4.78, 5) is 0. The Balaban J connectivity index is 3.03. The van der Waals surface area contributed by atoms with Gasteiger partial charge in [0.15, 0.2) is 0 Å². The molecule has 2 rings (SSSR count). The van der Waals surface area contributed by atoms with Crippen LogP contribution in [0.3, 0.4) is 0 Å². The minimum Gasteiger partial charge on any atom is -0.0923 e. The van der Waals surface area contributed by atoms with Crippen molar-refractivity contribution in [3.63, 3.8) is 0 Å². The van der Waals surface area contributed by atoms with Crippen LogP contribution in [-0.2, 0) is 5.41 Å². The molecule has 0 aromatic heterocycles. The first kappa shape index (κ1) is 20.2. The second-order valence-corrected chi connectivity index (χ2v) is 9.00. The van der Waals surface area contributed by atoms with E-state index in [1.165, 1.54) is 66.1 Å². The fraction of sp³-hybridized carbons (Fsp3) is 0.333. The lowest BCUT2D eigenvalue weighted by Crippen LogP contribution is -2.48. The maximum Gasteiger partial charge on any atom is 0.140 e. The molecule has 25 heavy (non-hydrogen) atoms. The highest BCUT2D eigenvalue weighted by Gasteiger charge is 2.25. The van der Waals surface area contributed by atoms with Gasteiger partial charge in [0.2, 0.25) is 0 Å². The second kappa shape index (κ2) is 6.56. The smallest absolute Gasteiger partial charge is 0.0923 e. The molecule has 0 bridgehead atoms. The van der Waals surface area contributed by atoms with Gasteiger partial charge in [0.1, 0.15) is 54.9 Å². The highest BCUT2D eigenvalue weighted by Crippen LogP contribution is 2.22. The topological polar surface area (TPSA) is 0 Å². The number of hydrogen-bond acceptors (Lipinski definition) is 0. The van der Waals surface area contributed by atoms with Gasteiger partial charge >= 0.3 is 0 Å². The van der Waals surface area contributed by atoms with Gasteiger partial charge in [-0.05, 0) is 36.0 Å². The lowest BCUT2D eigenvalue weighted by Gasteiger charge is -2.31. The standard InChI is InChI=1S/C18H29B7/c1-6-8(9-15(23)12(20)7(2)13(21)16(9)24)14(22)17(25)10(11(6)19)18(3,4)5/h19-25H2,1-5H3. The Morgan fingerprint density at radius 2 is 0.880 bits per heavy atom. The molecule has 0 radical (unpaired) electrons. The van der Waals surface area contributed by atoms with Crippen molar-refractivity contribution < 1.29 is 0 Å². The zero-order chi connectivity index (χ0) is 19.4. The summed E-state index contributed by atoms with van der Waals surface area (Å²) in [5.41, 5.74) is 17.6. The van der Waals surface area contributed by atoms with Gasteiger partial charge in [-0.3, -0.25) is 0 Å². The molecule has 2 aromatic rings. The summed E-state index contributed by atoms with van der Waals surface area (Å²) in [5.74, 6) is 0. The van der Waals surface area contributed by atoms with Crippen molar-refractivity contribution in [2.45, 2.75) is 40.0 Å². The fourth-order valence-corrected chi connectivity index (χ4v) is 4.69. The number of hydrogen-bond donors (Lipinski definition) is 0. The quantitative estimate of drug-likeness (QED) is 0.458. The highest BCUT2D eigenvalue weighted by molar-refractivity contribution is 6.62. The van der Waals surface area contributed by atoms with E-state index in [1.807, 2.05) is 0 Å². The molecule has 2 aromatic carbocycles. The van der Waals surface area contributed by atoms with Crippen molar-refractivity contribution in [1.82, 2.24) is 0 Å². The monoisotopic (exact) mass is 322 g/mol. The van der Waals surface area contributed by atoms with E-state index in [-0.39, 0.29) is 5.41 Å². The maximum absolute atomic E-state index is 2.33. The molecule has 0 saturated heterocycles. The van der Waals surface area contributed by atoms with Crippen LogP contribution in [0.25, 0.3) is 11.1 Å². The molecule has 0 saturated carbocycles. The molecule has 0 atom stereocenters. The van der Waals surface area contributed by atoms with Crippen molar-refractivity contribution in [2.75, 3.05) is 0 Å². The van der Waals surface area contributed by atoms with Crippen LogP contribution in [0, 0.1) is 13.8 Å². The summed E-state index contributed by atoms with van der Waals surface area (Å²) in [6.07, 6.45) is 0. The molecule has 0 fully saturated rings. The predicted octanol–water partition coefficient (Wildman–Crippen LogP) is -6.92. The van der Waals surface area contributed by atoms with E-state index in [1.54, 1.807) is 0 Å². The molecular weight excluding hydrogens is 292 g/mol. The fourth-order valence-electron chi connectivity index (χ4n) is 4.69. The van der Waals surface area contributed by atoms with E-state index >= 15 is 0 Å². The molecule has 122 valence electrons. The molecule has 0 amide bonds. The molecule has 0 heterocycles. The van der Waals surface area contributed by atoms with E-state index in [2.05, 4.69) is 89.5 Å². The Kier molecular flexibility index (Phi) is 5.31. The maximum atomic E-state index is 2.33. The Morgan fingerprint density at radius 1 is 0.480 bits per heavy atom. The summed E-state index contributed by atoms with van der Waals surface area (Å²) >= 11 is 0. The van der Waals surface area contributed by atoms with Gasteiger partial charge in [0.25, 0.3) is 0 Å². The molecule has 0 N–H and O–H groups in total. The minimum absolute atomic E-state index is 0.172. The van der Waals surface area contributed by atoms with Crippen LogP contribution in [0.4, 0.5) is 0 Å². The number of rotatable bonds is 1. The molecule has 0 aliphatic heterocycles. The summed E-state index contributed by atoms with van der Waals surface area (Å²) in [5, 5.41) is 0. The van der Waals surface area contributed by atoms with Gasteiger partial charge in [0.05, 0.1) is 0 Å². The van der Waals surface area contributed by atoms with E-state index in [4.69, 9.17) is 0 Å². The second-order valence-electron chi connectivity index (χ2n) is 9.00. The Morgan fingerprint density at radius 3 is 1.28 bits per heavy atom. The van der Waals surface area contributed by atoms with Crippen molar-refractivity contribution in [3.05, 3.63) is 16.7 Å². The summed E-state index contributed by atoms with van der Waals surface area (Å²) in [6.45, 7) is 11.6. The van der Waals surface area contributed by atoms with Crippen LogP contribution in [0.5, 0.6) is 0 Å². The predicted molar refractivity (Wildman–Crippen MR) is 137 cm³/mol. The molecular formula is C18H29B7. The average molecular weight is 321 g/mol. The van der Waals surface area contributed by atoms with Gasteiger partial charge in [0, 0.05) is 0 Å². The molecule has 0 aliphatic rings. The minimum atomic E-state index is 0.172. The Hall–Kier alpha value is -1.11. The average Bonchev–Trinajstić information content (AvgIpc) is 2.51. The summed E-state index contributed by atoms with van der Waals surface area (Å²) in [6, 6.07) is 0. The van der Waals surface area contributed by atoms with Crippen LogP contribution < -0.4 is 38.2 Å². The van der Waals surface area contributed by atoms with Crippen LogP contribution in [0.1, 0.15) is 37.5 Å². The van der Waals surface area contributed by atoms with E-state index in [0.717, 1.165) is 0 Å². The molecule has 0 nitrogen and oxygen atoms in total. The first-order valence-electron chi connectivity index (χ1n) is 9.50. The molecule has 0 unspecified atom stereocenters. The third-order valence-electron chi connectivity index (χ3n) is 6.62. The van der Waals surface area contributed by atoms with E-state index in [9.17, 15) is 0 Å². The zero-order valence-corrected chi connectivity index (χ0v) is 18.5. The normalized spacial score (nSPS) is 11.7. The van der Waals surface area contributed by atoms with Crippen LogP contribution in [-0.4, -0.2) is 54.9 Å².